The van der Waals surface area contributed by atoms with E-state index in [0.29, 0.717) is 11.0 Å². The predicted octanol–water partition coefficient (Wildman–Crippen LogP) is 3.22. The number of aromatic nitrogens is 2. The second-order valence-corrected chi connectivity index (χ2v) is 5.57. The third-order valence-electron chi connectivity index (χ3n) is 2.99. The summed E-state index contributed by atoms with van der Waals surface area (Å²) >= 11 is 1.43. The lowest BCUT2D eigenvalue weighted by Gasteiger charge is -2.02. The number of para-hydroxylation sites is 1. The summed E-state index contributed by atoms with van der Waals surface area (Å²) in [6, 6.07) is 7.40. The molecule has 2 aromatic heterocycles. The fourth-order valence-corrected chi connectivity index (χ4v) is 2.70. The van der Waals surface area contributed by atoms with Crippen molar-refractivity contribution in [1.82, 2.24) is 15.3 Å². The number of anilines is 1. The van der Waals surface area contributed by atoms with Crippen LogP contribution in [-0.2, 0) is 6.54 Å². The lowest BCUT2D eigenvalue weighted by molar-refractivity contribution is 0.250. The number of hydrogen-bond acceptors (Lipinski definition) is 5. The largest absolute Gasteiger partial charge is 0.444 e. The highest BCUT2D eigenvalue weighted by Gasteiger charge is 2.09. The maximum Gasteiger partial charge on any atom is 0.321 e. The Balaban J connectivity index is 1.61. The maximum absolute atomic E-state index is 11.8. The molecule has 0 aliphatic heterocycles. The number of benzene rings is 1. The van der Waals surface area contributed by atoms with Crippen molar-refractivity contribution in [3.63, 3.8) is 0 Å². The molecule has 2 amide bonds. The van der Waals surface area contributed by atoms with Gasteiger partial charge in [0.1, 0.15) is 5.76 Å². The minimum absolute atomic E-state index is 0.241. The van der Waals surface area contributed by atoms with Crippen LogP contribution in [0.3, 0.4) is 0 Å². The Morgan fingerprint density at radius 3 is 2.81 bits per heavy atom. The summed E-state index contributed by atoms with van der Waals surface area (Å²) in [6.07, 6.45) is 0. The molecule has 0 fully saturated rings. The van der Waals surface area contributed by atoms with Crippen molar-refractivity contribution < 1.29 is 9.21 Å². The first kappa shape index (κ1) is 13.6. The maximum atomic E-state index is 11.8. The number of carbonyl (C=O) groups is 1. The van der Waals surface area contributed by atoms with E-state index in [1.54, 1.807) is 0 Å². The van der Waals surface area contributed by atoms with Crippen molar-refractivity contribution in [2.45, 2.75) is 20.4 Å². The van der Waals surface area contributed by atoms with Gasteiger partial charge in [-0.1, -0.05) is 23.5 Å². The van der Waals surface area contributed by atoms with Crippen LogP contribution in [0.2, 0.25) is 0 Å². The summed E-state index contributed by atoms with van der Waals surface area (Å²) in [7, 11) is 0. The number of rotatable bonds is 3. The van der Waals surface area contributed by atoms with Crippen molar-refractivity contribution in [3.8, 4) is 0 Å². The molecular weight excluding hydrogens is 288 g/mol. The minimum Gasteiger partial charge on any atom is -0.444 e. The number of fused-ring (bicyclic) bond motifs is 1. The number of carbonyl (C=O) groups excluding carboxylic acids is 1. The van der Waals surface area contributed by atoms with E-state index in [1.165, 1.54) is 11.3 Å². The van der Waals surface area contributed by atoms with Gasteiger partial charge in [0.25, 0.3) is 0 Å². The molecule has 2 N–H and O–H groups in total. The number of aryl methyl sites for hydroxylation is 2. The van der Waals surface area contributed by atoms with Gasteiger partial charge in [0.2, 0.25) is 5.89 Å². The number of urea groups is 1. The van der Waals surface area contributed by atoms with E-state index in [0.717, 1.165) is 21.7 Å². The molecule has 6 nitrogen and oxygen atoms in total. The summed E-state index contributed by atoms with van der Waals surface area (Å²) in [4.78, 5) is 20.4. The van der Waals surface area contributed by atoms with Crippen molar-refractivity contribution in [2.24, 2.45) is 0 Å². The lowest BCUT2D eigenvalue weighted by atomic mass is 10.3. The van der Waals surface area contributed by atoms with E-state index in [2.05, 4.69) is 20.6 Å². The van der Waals surface area contributed by atoms with Crippen molar-refractivity contribution in [3.05, 3.63) is 41.6 Å². The van der Waals surface area contributed by atoms with Crippen LogP contribution >= 0.6 is 11.3 Å². The molecule has 1 aromatic carbocycles. The Morgan fingerprint density at radius 1 is 1.29 bits per heavy atom. The molecule has 0 aliphatic rings. The van der Waals surface area contributed by atoms with Crippen LogP contribution in [0.15, 0.2) is 28.7 Å². The number of amides is 2. The summed E-state index contributed by atoms with van der Waals surface area (Å²) in [6.45, 7) is 3.95. The molecule has 0 spiro atoms. The van der Waals surface area contributed by atoms with Gasteiger partial charge in [0.05, 0.1) is 22.5 Å². The Labute approximate surface area is 125 Å². The molecule has 0 saturated carbocycles. The first-order chi connectivity index (χ1) is 10.1. The average Bonchev–Trinajstić information content (AvgIpc) is 3.00. The molecular formula is C14H14N4O2S. The quantitative estimate of drug-likeness (QED) is 0.778. The van der Waals surface area contributed by atoms with Gasteiger partial charge in [-0.2, -0.15) is 0 Å². The number of nitrogens with zero attached hydrogens (tertiary/aromatic N) is 2. The third-order valence-corrected chi connectivity index (χ3v) is 3.94. The molecule has 108 valence electrons. The molecule has 0 aliphatic carbocycles. The van der Waals surface area contributed by atoms with Gasteiger partial charge < -0.3 is 9.73 Å². The van der Waals surface area contributed by atoms with E-state index in [4.69, 9.17) is 4.42 Å². The highest BCUT2D eigenvalue weighted by atomic mass is 32.1. The average molecular weight is 302 g/mol. The fourth-order valence-electron chi connectivity index (χ4n) is 1.84. The highest BCUT2D eigenvalue weighted by molar-refractivity contribution is 7.22. The third kappa shape index (κ3) is 3.03. The number of oxazole rings is 1. The Hall–Kier alpha value is -2.41. The van der Waals surface area contributed by atoms with E-state index in [9.17, 15) is 4.79 Å². The van der Waals surface area contributed by atoms with E-state index in [-0.39, 0.29) is 12.6 Å². The van der Waals surface area contributed by atoms with Crippen LogP contribution in [0, 0.1) is 13.8 Å². The molecule has 3 aromatic rings. The van der Waals surface area contributed by atoms with Crippen LogP contribution in [0.4, 0.5) is 9.93 Å². The van der Waals surface area contributed by atoms with Crippen LogP contribution in [0.5, 0.6) is 0 Å². The predicted molar refractivity (Wildman–Crippen MR) is 81.5 cm³/mol. The van der Waals surface area contributed by atoms with E-state index >= 15 is 0 Å². The van der Waals surface area contributed by atoms with Gasteiger partial charge in [-0.25, -0.2) is 14.8 Å². The zero-order valence-corrected chi connectivity index (χ0v) is 12.5. The Morgan fingerprint density at radius 2 is 2.10 bits per heavy atom. The fraction of sp³-hybridized carbons (Fsp3) is 0.214. The molecule has 0 bridgehead atoms. The number of nitrogens with one attached hydrogen (secondary N) is 2. The SMILES string of the molecule is Cc1nc(CNC(=O)Nc2nc3ccccc3s2)oc1C. The molecule has 0 saturated heterocycles. The number of hydrogen-bond donors (Lipinski definition) is 2. The molecule has 0 unspecified atom stereocenters. The molecule has 7 heteroatoms. The van der Waals surface area contributed by atoms with Gasteiger partial charge in [-0.3, -0.25) is 5.32 Å². The van der Waals surface area contributed by atoms with Crippen LogP contribution < -0.4 is 10.6 Å². The zero-order valence-electron chi connectivity index (χ0n) is 11.6. The second-order valence-electron chi connectivity index (χ2n) is 4.54. The standard InChI is InChI=1S/C14H14N4O2S/c1-8-9(2)20-12(16-8)7-15-13(19)18-14-17-10-5-3-4-6-11(10)21-14/h3-6H,7H2,1-2H3,(H2,15,17,18,19). The monoisotopic (exact) mass is 302 g/mol. The first-order valence-electron chi connectivity index (χ1n) is 6.45. The van der Waals surface area contributed by atoms with Crippen LogP contribution in [-0.4, -0.2) is 16.0 Å². The summed E-state index contributed by atoms with van der Waals surface area (Å²) < 4.78 is 6.43. The zero-order chi connectivity index (χ0) is 14.8. The van der Waals surface area contributed by atoms with Gasteiger partial charge in [-0.15, -0.1) is 0 Å². The minimum atomic E-state index is -0.331. The normalized spacial score (nSPS) is 10.8. The number of thiazole rings is 1. The smallest absolute Gasteiger partial charge is 0.321 e. The van der Waals surface area contributed by atoms with Crippen molar-refractivity contribution in [2.75, 3.05) is 5.32 Å². The topological polar surface area (TPSA) is 80.0 Å². The second kappa shape index (κ2) is 5.53. The van der Waals surface area contributed by atoms with Crippen LogP contribution in [0.25, 0.3) is 10.2 Å². The van der Waals surface area contributed by atoms with Crippen molar-refractivity contribution >= 4 is 32.7 Å². The Kier molecular flexibility index (Phi) is 3.57. The van der Waals surface area contributed by atoms with Crippen LogP contribution in [0.1, 0.15) is 17.3 Å². The summed E-state index contributed by atoms with van der Waals surface area (Å²) in [5.74, 6) is 1.25. The van der Waals surface area contributed by atoms with Gasteiger partial charge in [0, 0.05) is 0 Å². The molecule has 0 radical (unpaired) electrons. The van der Waals surface area contributed by atoms with E-state index in [1.807, 2.05) is 38.1 Å². The molecule has 2 heterocycles. The molecule has 3 rings (SSSR count). The van der Waals surface area contributed by atoms with Crippen molar-refractivity contribution in [1.29, 1.82) is 0 Å². The molecule has 0 atom stereocenters. The van der Waals surface area contributed by atoms with Gasteiger partial charge in [-0.05, 0) is 26.0 Å². The van der Waals surface area contributed by atoms with E-state index < -0.39 is 0 Å². The lowest BCUT2D eigenvalue weighted by Crippen LogP contribution is -2.28. The molecule has 21 heavy (non-hydrogen) atoms. The summed E-state index contributed by atoms with van der Waals surface area (Å²) in [5, 5.41) is 5.97. The summed E-state index contributed by atoms with van der Waals surface area (Å²) in [5.41, 5.74) is 1.70. The highest BCUT2D eigenvalue weighted by Crippen LogP contribution is 2.25. The Bertz CT molecular complexity index is 741. The van der Waals surface area contributed by atoms with Gasteiger partial charge in [0.15, 0.2) is 5.13 Å². The van der Waals surface area contributed by atoms with Gasteiger partial charge >= 0.3 is 6.03 Å². The first-order valence-corrected chi connectivity index (χ1v) is 7.27.